The molecule has 0 unspecified atom stereocenters. The topological polar surface area (TPSA) is 68.0 Å². The number of amides is 1. The summed E-state index contributed by atoms with van der Waals surface area (Å²) in [6.07, 6.45) is 0. The smallest absolute Gasteiger partial charge is 0.258 e. The van der Waals surface area contributed by atoms with Crippen LogP contribution in [0.2, 0.25) is 0 Å². The number of hydrogen-bond acceptors (Lipinski definition) is 4. The zero-order chi connectivity index (χ0) is 12.4. The molecule has 6 heteroatoms. The molecular weight excluding hydrogens is 302 g/mol. The zero-order valence-corrected chi connectivity index (χ0v) is 11.4. The summed E-state index contributed by atoms with van der Waals surface area (Å²) in [4.78, 5) is 16.1. The molecule has 0 aliphatic carbocycles. The highest BCUT2D eigenvalue weighted by Gasteiger charge is 2.13. The van der Waals surface area contributed by atoms with Gasteiger partial charge in [-0.2, -0.15) is 0 Å². The summed E-state index contributed by atoms with van der Waals surface area (Å²) in [6.45, 7) is 1.88. The van der Waals surface area contributed by atoms with E-state index in [9.17, 15) is 4.79 Å². The second-order valence-electron chi connectivity index (χ2n) is 3.46. The number of aromatic nitrogens is 1. The van der Waals surface area contributed by atoms with Crippen molar-refractivity contribution < 1.29 is 4.79 Å². The lowest BCUT2D eigenvalue weighted by Crippen LogP contribution is -2.13. The van der Waals surface area contributed by atoms with Crippen molar-refractivity contribution in [3.63, 3.8) is 0 Å². The molecule has 0 spiro atoms. The fraction of sp³-hybridized carbons (Fsp3) is 0.0909. The first-order valence-corrected chi connectivity index (χ1v) is 6.52. The average molecular weight is 312 g/mol. The molecule has 1 amide bonds. The Kier molecular flexibility index (Phi) is 3.44. The number of nitrogens with two attached hydrogens (primary N) is 1. The van der Waals surface area contributed by atoms with Gasteiger partial charge in [0.05, 0.1) is 15.7 Å². The predicted molar refractivity (Wildman–Crippen MR) is 73.4 cm³/mol. The van der Waals surface area contributed by atoms with Crippen LogP contribution < -0.4 is 11.1 Å². The SMILES string of the molecule is Cc1csc(NC(=O)c2cccc(N)c2Br)n1. The largest absolute Gasteiger partial charge is 0.398 e. The van der Waals surface area contributed by atoms with E-state index in [4.69, 9.17) is 5.73 Å². The summed E-state index contributed by atoms with van der Waals surface area (Å²) in [5.41, 5.74) is 7.64. The molecule has 0 bridgehead atoms. The number of nitrogen functional groups attached to an aromatic ring is 1. The van der Waals surface area contributed by atoms with Gasteiger partial charge in [-0.3, -0.25) is 10.1 Å². The highest BCUT2D eigenvalue weighted by atomic mass is 79.9. The van der Waals surface area contributed by atoms with E-state index in [1.165, 1.54) is 11.3 Å². The van der Waals surface area contributed by atoms with E-state index in [0.717, 1.165) is 5.69 Å². The molecule has 3 N–H and O–H groups in total. The van der Waals surface area contributed by atoms with E-state index < -0.39 is 0 Å². The van der Waals surface area contributed by atoms with Crippen molar-refractivity contribution in [1.29, 1.82) is 0 Å². The Morgan fingerprint density at radius 3 is 2.94 bits per heavy atom. The highest BCUT2D eigenvalue weighted by molar-refractivity contribution is 9.10. The summed E-state index contributed by atoms with van der Waals surface area (Å²) in [5, 5.41) is 5.19. The van der Waals surface area contributed by atoms with Gasteiger partial charge in [-0.25, -0.2) is 4.98 Å². The number of carbonyl (C=O) groups is 1. The number of thiazole rings is 1. The molecule has 2 rings (SSSR count). The third-order valence-electron chi connectivity index (χ3n) is 2.11. The van der Waals surface area contributed by atoms with Crippen LogP contribution in [0.3, 0.4) is 0 Å². The highest BCUT2D eigenvalue weighted by Crippen LogP contribution is 2.25. The van der Waals surface area contributed by atoms with Crippen LogP contribution in [-0.4, -0.2) is 10.9 Å². The molecule has 2 aromatic rings. The van der Waals surface area contributed by atoms with Crippen LogP contribution in [0.1, 0.15) is 16.1 Å². The van der Waals surface area contributed by atoms with Gasteiger partial charge < -0.3 is 5.73 Å². The first-order chi connectivity index (χ1) is 8.08. The van der Waals surface area contributed by atoms with Crippen LogP contribution >= 0.6 is 27.3 Å². The van der Waals surface area contributed by atoms with Crippen molar-refractivity contribution in [3.8, 4) is 0 Å². The molecule has 0 aliphatic heterocycles. The van der Waals surface area contributed by atoms with E-state index in [1.54, 1.807) is 18.2 Å². The quantitative estimate of drug-likeness (QED) is 0.838. The normalized spacial score (nSPS) is 10.2. The van der Waals surface area contributed by atoms with Crippen molar-refractivity contribution in [2.24, 2.45) is 0 Å². The number of nitrogens with zero attached hydrogens (tertiary/aromatic N) is 1. The predicted octanol–water partition coefficient (Wildman–Crippen LogP) is 3.05. The molecule has 0 fully saturated rings. The minimum Gasteiger partial charge on any atom is -0.398 e. The number of nitrogens with one attached hydrogen (secondary N) is 1. The Bertz CT molecular complexity index is 568. The standard InChI is InChI=1S/C11H10BrN3OS/c1-6-5-17-11(14-6)15-10(16)7-3-2-4-8(13)9(7)12/h2-5H,13H2,1H3,(H,14,15,16). The molecule has 0 radical (unpaired) electrons. The van der Waals surface area contributed by atoms with Gasteiger partial charge in [-0.15, -0.1) is 11.3 Å². The van der Waals surface area contributed by atoms with Gasteiger partial charge in [0, 0.05) is 11.1 Å². The molecule has 0 atom stereocenters. The number of hydrogen-bond donors (Lipinski definition) is 2. The van der Waals surface area contributed by atoms with Crippen molar-refractivity contribution in [3.05, 3.63) is 39.3 Å². The number of benzene rings is 1. The lowest BCUT2D eigenvalue weighted by Gasteiger charge is -2.05. The van der Waals surface area contributed by atoms with Crippen LogP contribution in [0.15, 0.2) is 28.1 Å². The second kappa shape index (κ2) is 4.85. The van der Waals surface area contributed by atoms with Gasteiger partial charge in [0.2, 0.25) is 0 Å². The summed E-state index contributed by atoms with van der Waals surface area (Å²) >= 11 is 4.69. The van der Waals surface area contributed by atoms with Crippen LogP contribution in [0, 0.1) is 6.92 Å². The maximum atomic E-state index is 12.0. The minimum atomic E-state index is -0.224. The Balaban J connectivity index is 2.23. The molecule has 1 heterocycles. The lowest BCUT2D eigenvalue weighted by atomic mass is 10.2. The Labute approximate surface area is 111 Å². The van der Waals surface area contributed by atoms with Crippen LogP contribution in [0.5, 0.6) is 0 Å². The number of anilines is 2. The fourth-order valence-electron chi connectivity index (χ4n) is 1.30. The number of carbonyl (C=O) groups excluding carboxylic acids is 1. The fourth-order valence-corrected chi connectivity index (χ4v) is 2.43. The Hall–Kier alpha value is -1.40. The van der Waals surface area contributed by atoms with E-state index >= 15 is 0 Å². The van der Waals surface area contributed by atoms with Gasteiger partial charge >= 0.3 is 0 Å². The number of halogens is 1. The average Bonchev–Trinajstić information content (AvgIpc) is 2.68. The number of rotatable bonds is 2. The van der Waals surface area contributed by atoms with Crippen LogP contribution in [0.25, 0.3) is 0 Å². The van der Waals surface area contributed by atoms with Gasteiger partial charge in [0.15, 0.2) is 5.13 Å². The molecule has 4 nitrogen and oxygen atoms in total. The molecule has 1 aromatic heterocycles. The minimum absolute atomic E-state index is 0.224. The molecule has 1 aromatic carbocycles. The molecular formula is C11H10BrN3OS. The van der Waals surface area contributed by atoms with Crippen LogP contribution in [-0.2, 0) is 0 Å². The van der Waals surface area contributed by atoms with E-state index in [2.05, 4.69) is 26.2 Å². The first-order valence-electron chi connectivity index (χ1n) is 4.85. The monoisotopic (exact) mass is 311 g/mol. The molecule has 0 aliphatic rings. The molecule has 88 valence electrons. The maximum Gasteiger partial charge on any atom is 0.258 e. The zero-order valence-electron chi connectivity index (χ0n) is 9.03. The van der Waals surface area contributed by atoms with Gasteiger partial charge in [-0.05, 0) is 35.0 Å². The van der Waals surface area contributed by atoms with Crippen molar-refractivity contribution in [2.45, 2.75) is 6.92 Å². The van der Waals surface area contributed by atoms with Crippen molar-refractivity contribution >= 4 is 44.0 Å². The summed E-state index contributed by atoms with van der Waals surface area (Å²) in [6, 6.07) is 5.17. The summed E-state index contributed by atoms with van der Waals surface area (Å²) in [7, 11) is 0. The maximum absolute atomic E-state index is 12.0. The third kappa shape index (κ3) is 2.65. The summed E-state index contributed by atoms with van der Waals surface area (Å²) < 4.78 is 0.603. The first kappa shape index (κ1) is 12.1. The second-order valence-corrected chi connectivity index (χ2v) is 5.11. The van der Waals surface area contributed by atoms with E-state index in [1.807, 2.05) is 12.3 Å². The lowest BCUT2D eigenvalue weighted by molar-refractivity contribution is 0.102. The Morgan fingerprint density at radius 2 is 2.29 bits per heavy atom. The third-order valence-corrected chi connectivity index (χ3v) is 3.87. The molecule has 17 heavy (non-hydrogen) atoms. The molecule has 0 saturated carbocycles. The van der Waals surface area contributed by atoms with Crippen LogP contribution in [0.4, 0.5) is 10.8 Å². The van der Waals surface area contributed by atoms with Crippen molar-refractivity contribution in [2.75, 3.05) is 11.1 Å². The van der Waals surface area contributed by atoms with Gasteiger partial charge in [0.25, 0.3) is 5.91 Å². The Morgan fingerprint density at radius 1 is 1.53 bits per heavy atom. The molecule has 0 saturated heterocycles. The van der Waals surface area contributed by atoms with E-state index in [-0.39, 0.29) is 5.91 Å². The summed E-state index contributed by atoms with van der Waals surface area (Å²) in [5.74, 6) is -0.224. The van der Waals surface area contributed by atoms with Crippen molar-refractivity contribution in [1.82, 2.24) is 4.98 Å². The van der Waals surface area contributed by atoms with Gasteiger partial charge in [0.1, 0.15) is 0 Å². The van der Waals surface area contributed by atoms with E-state index in [0.29, 0.717) is 20.9 Å². The van der Waals surface area contributed by atoms with Gasteiger partial charge in [-0.1, -0.05) is 6.07 Å². The number of aryl methyl sites for hydroxylation is 1.